The number of carbonyl (C=O) groups is 1. The van der Waals surface area contributed by atoms with Crippen LogP contribution in [-0.2, 0) is 17.1 Å². The van der Waals surface area contributed by atoms with Gasteiger partial charge in [0, 0.05) is 24.6 Å². The van der Waals surface area contributed by atoms with Crippen LogP contribution < -0.4 is 15.4 Å². The second kappa shape index (κ2) is 7.95. The van der Waals surface area contributed by atoms with Gasteiger partial charge in [-0.1, -0.05) is 6.92 Å². The number of carbonyl (C=O) groups excluding carboxylic acids is 1. The summed E-state index contributed by atoms with van der Waals surface area (Å²) in [4.78, 5) is 35.9. The monoisotopic (exact) mass is 481 g/mol. The highest BCUT2D eigenvalue weighted by Gasteiger charge is 2.50. The molecule has 1 fully saturated rings. The molecule has 2 heterocycles. The normalized spacial score (nSPS) is 15.8. The average Bonchev–Trinajstić information content (AvgIpc) is 2.96. The van der Waals surface area contributed by atoms with Crippen molar-refractivity contribution in [2.24, 2.45) is 0 Å². The van der Waals surface area contributed by atoms with E-state index in [1.54, 1.807) is 43.0 Å². The lowest BCUT2D eigenvalue weighted by Crippen LogP contribution is -2.44. The number of benzene rings is 2. The number of hydrogen-bond donors (Lipinski definition) is 1. The summed E-state index contributed by atoms with van der Waals surface area (Å²) in [5, 5.41) is 9.63. The van der Waals surface area contributed by atoms with Gasteiger partial charge in [-0.3, -0.25) is 14.5 Å². The number of anilines is 2. The number of aromatic nitrogens is 2. The molecule has 0 radical (unpaired) electrons. The number of halogens is 2. The van der Waals surface area contributed by atoms with Crippen LogP contribution in [0.5, 0.6) is 0 Å². The highest BCUT2D eigenvalue weighted by molar-refractivity contribution is 7.81. The molecule has 174 valence electrons. The highest BCUT2D eigenvalue weighted by atomic mass is 32.1. The molecule has 0 unspecified atom stereocenters. The van der Waals surface area contributed by atoms with Gasteiger partial charge in [-0.25, -0.2) is 8.78 Å². The van der Waals surface area contributed by atoms with E-state index in [9.17, 15) is 23.6 Å². The summed E-state index contributed by atoms with van der Waals surface area (Å²) >= 11 is 5.62. The molecule has 0 saturated carbocycles. The van der Waals surface area contributed by atoms with E-state index in [0.29, 0.717) is 35.8 Å². The molecular formula is C24H21F2N5O2S. The summed E-state index contributed by atoms with van der Waals surface area (Å²) in [7, 11) is 0. The van der Waals surface area contributed by atoms with Crippen molar-refractivity contribution in [3.05, 3.63) is 63.7 Å². The van der Waals surface area contributed by atoms with Crippen molar-refractivity contribution in [1.29, 1.82) is 5.26 Å². The zero-order valence-electron chi connectivity index (χ0n) is 18.9. The zero-order chi connectivity index (χ0) is 25.0. The molecule has 4 rings (SSSR count). The number of nitriles is 1. The van der Waals surface area contributed by atoms with Crippen LogP contribution in [0.2, 0.25) is 0 Å². The molecule has 10 heteroatoms. The molecule has 0 bridgehead atoms. The van der Waals surface area contributed by atoms with Gasteiger partial charge in [0.15, 0.2) is 5.11 Å². The van der Waals surface area contributed by atoms with Crippen LogP contribution in [0.25, 0.3) is 10.9 Å². The van der Waals surface area contributed by atoms with E-state index >= 15 is 0 Å². The van der Waals surface area contributed by atoms with Gasteiger partial charge in [0.2, 0.25) is 0 Å². The molecule has 1 saturated heterocycles. The van der Waals surface area contributed by atoms with Crippen molar-refractivity contribution in [2.45, 2.75) is 45.6 Å². The highest BCUT2D eigenvalue weighted by Crippen LogP contribution is 2.39. The molecule has 3 aromatic rings. The van der Waals surface area contributed by atoms with E-state index in [1.165, 1.54) is 17.0 Å². The van der Waals surface area contributed by atoms with Crippen molar-refractivity contribution in [1.82, 2.24) is 9.97 Å². The fourth-order valence-corrected chi connectivity index (χ4v) is 4.60. The quantitative estimate of drug-likeness (QED) is 0.556. The third-order valence-electron chi connectivity index (χ3n) is 5.86. The van der Waals surface area contributed by atoms with Gasteiger partial charge in [0.25, 0.3) is 17.4 Å². The number of fused-ring (bicyclic) bond motifs is 1. The molecule has 1 aromatic heterocycles. The molecule has 0 atom stereocenters. The van der Waals surface area contributed by atoms with E-state index < -0.39 is 28.5 Å². The molecule has 1 amide bonds. The Morgan fingerprint density at radius 3 is 2.47 bits per heavy atom. The zero-order valence-corrected chi connectivity index (χ0v) is 19.8. The van der Waals surface area contributed by atoms with Crippen molar-refractivity contribution < 1.29 is 13.6 Å². The van der Waals surface area contributed by atoms with E-state index in [1.807, 2.05) is 6.92 Å². The fraction of sp³-hybridized carbons (Fsp3) is 0.292. The third kappa shape index (κ3) is 3.62. The summed E-state index contributed by atoms with van der Waals surface area (Å²) in [6.45, 7) is 5.89. The molecular weight excluding hydrogens is 460 g/mol. The number of amides is 1. The van der Waals surface area contributed by atoms with Crippen LogP contribution in [0.15, 0.2) is 41.2 Å². The summed E-state index contributed by atoms with van der Waals surface area (Å²) < 4.78 is 28.3. The first kappa shape index (κ1) is 23.4. The van der Waals surface area contributed by atoms with E-state index in [2.05, 4.69) is 9.97 Å². The molecule has 2 aromatic carbocycles. The Bertz CT molecular complexity index is 1450. The maximum Gasteiger partial charge on any atom is 0.280 e. The Morgan fingerprint density at radius 1 is 1.18 bits per heavy atom. The van der Waals surface area contributed by atoms with Crippen LogP contribution in [-0.4, -0.2) is 26.5 Å². The van der Waals surface area contributed by atoms with Crippen LogP contribution in [0.1, 0.15) is 44.6 Å². The van der Waals surface area contributed by atoms with Gasteiger partial charge in [-0.05, 0) is 62.5 Å². The number of aryl methyl sites for hydroxylation is 1. The Balaban J connectivity index is 1.83. The number of aromatic amines is 1. The summed E-state index contributed by atoms with van der Waals surface area (Å²) in [5.41, 5.74) is -1.02. The SMILES string of the molecule is CCc1nc(=O)c2cc(N3C(=S)N(c4ccc(C#N)c(C(C)(F)F)c4)C(=O)C3(C)C)ccc2[nH]1. The van der Waals surface area contributed by atoms with Gasteiger partial charge in [-0.2, -0.15) is 10.2 Å². The number of thiocarbonyl (C=S) groups is 1. The Morgan fingerprint density at radius 2 is 1.85 bits per heavy atom. The largest absolute Gasteiger partial charge is 0.343 e. The molecule has 0 spiro atoms. The van der Waals surface area contributed by atoms with Crippen LogP contribution in [0.3, 0.4) is 0 Å². The van der Waals surface area contributed by atoms with Gasteiger partial charge >= 0.3 is 0 Å². The summed E-state index contributed by atoms with van der Waals surface area (Å²) in [5.74, 6) is -3.15. The first-order valence-electron chi connectivity index (χ1n) is 10.5. The van der Waals surface area contributed by atoms with E-state index in [4.69, 9.17) is 12.2 Å². The van der Waals surface area contributed by atoms with Crippen molar-refractivity contribution in [3.63, 3.8) is 0 Å². The predicted molar refractivity (Wildman–Crippen MR) is 129 cm³/mol. The first-order chi connectivity index (χ1) is 15.9. The summed E-state index contributed by atoms with van der Waals surface area (Å²) in [6.07, 6.45) is 0.572. The molecule has 1 aliphatic rings. The number of hydrogen-bond acceptors (Lipinski definition) is 5. The minimum Gasteiger partial charge on any atom is -0.343 e. The third-order valence-corrected chi connectivity index (χ3v) is 6.23. The Hall–Kier alpha value is -3.71. The number of H-pyrrole nitrogens is 1. The van der Waals surface area contributed by atoms with Gasteiger partial charge in [-0.15, -0.1) is 0 Å². The van der Waals surface area contributed by atoms with Crippen LogP contribution >= 0.6 is 12.2 Å². The second-order valence-corrected chi connectivity index (χ2v) is 8.98. The molecule has 0 aliphatic carbocycles. The number of alkyl halides is 2. The lowest BCUT2D eigenvalue weighted by Gasteiger charge is -2.29. The van der Waals surface area contributed by atoms with Crippen molar-refractivity contribution >= 4 is 45.5 Å². The van der Waals surface area contributed by atoms with Crippen molar-refractivity contribution in [2.75, 3.05) is 9.80 Å². The smallest absolute Gasteiger partial charge is 0.280 e. The lowest BCUT2D eigenvalue weighted by atomic mass is 10.0. The Labute approximate surface area is 199 Å². The number of rotatable bonds is 4. The van der Waals surface area contributed by atoms with E-state index in [-0.39, 0.29) is 16.4 Å². The lowest BCUT2D eigenvalue weighted by molar-refractivity contribution is -0.120. The Kier molecular flexibility index (Phi) is 5.49. The van der Waals surface area contributed by atoms with Gasteiger partial charge < -0.3 is 9.88 Å². The number of nitrogens with one attached hydrogen (secondary N) is 1. The summed E-state index contributed by atoms with van der Waals surface area (Å²) in [6, 6.07) is 10.6. The van der Waals surface area contributed by atoms with Crippen LogP contribution in [0, 0.1) is 11.3 Å². The van der Waals surface area contributed by atoms with E-state index in [0.717, 1.165) is 6.07 Å². The minimum absolute atomic E-state index is 0.0685. The van der Waals surface area contributed by atoms with Gasteiger partial charge in [0.05, 0.1) is 28.2 Å². The topological polar surface area (TPSA) is 93.1 Å². The molecule has 34 heavy (non-hydrogen) atoms. The minimum atomic E-state index is -3.29. The van der Waals surface area contributed by atoms with Crippen molar-refractivity contribution in [3.8, 4) is 6.07 Å². The standard InChI is InChI=1S/C24H21F2N5O2S/c1-5-19-28-18-9-8-15(10-16(18)20(32)29-19)31-22(34)30(21(33)23(31,2)3)14-7-6-13(12-27)17(11-14)24(4,25)26/h6-11H,5H2,1-4H3,(H,28,29,32). The second-order valence-electron chi connectivity index (χ2n) is 8.62. The maximum absolute atomic E-state index is 14.2. The first-order valence-corrected chi connectivity index (χ1v) is 10.9. The predicted octanol–water partition coefficient (Wildman–Crippen LogP) is 4.39. The molecule has 7 nitrogen and oxygen atoms in total. The molecule has 1 aliphatic heterocycles. The van der Waals surface area contributed by atoms with Crippen LogP contribution in [0.4, 0.5) is 20.2 Å². The maximum atomic E-state index is 14.2. The average molecular weight is 482 g/mol. The fourth-order valence-electron chi connectivity index (χ4n) is 4.08. The molecule has 1 N–H and O–H groups in total. The van der Waals surface area contributed by atoms with Gasteiger partial charge in [0.1, 0.15) is 11.4 Å². The number of nitrogens with zero attached hydrogens (tertiary/aromatic N) is 4.